The number of nitrogens with one attached hydrogen (secondary N) is 2. The van der Waals surface area contributed by atoms with Gasteiger partial charge in [0.2, 0.25) is 0 Å². The van der Waals surface area contributed by atoms with Crippen LogP contribution in [0.4, 0.5) is 0 Å². The lowest BCUT2D eigenvalue weighted by Crippen LogP contribution is -2.15. The zero-order valence-corrected chi connectivity index (χ0v) is 11.1. The van der Waals surface area contributed by atoms with Crippen LogP contribution in [0.15, 0.2) is 12.3 Å². The summed E-state index contributed by atoms with van der Waals surface area (Å²) < 4.78 is 5.83. The van der Waals surface area contributed by atoms with E-state index in [4.69, 9.17) is 4.74 Å². The summed E-state index contributed by atoms with van der Waals surface area (Å²) in [6, 6.07) is 2.26. The summed E-state index contributed by atoms with van der Waals surface area (Å²) in [5.41, 5.74) is 5.29. The minimum Gasteiger partial charge on any atom is -0.492 e. The highest BCUT2D eigenvalue weighted by Gasteiger charge is 2.20. The molecule has 2 heterocycles. The molecular weight excluding hydrogens is 224 g/mol. The van der Waals surface area contributed by atoms with Crippen LogP contribution in [0.2, 0.25) is 0 Å². The summed E-state index contributed by atoms with van der Waals surface area (Å²) in [4.78, 5) is 3.41. The first kappa shape index (κ1) is 11.6. The van der Waals surface area contributed by atoms with Gasteiger partial charge in [0, 0.05) is 18.0 Å². The highest BCUT2D eigenvalue weighted by atomic mass is 16.5. The molecule has 3 rings (SSSR count). The second kappa shape index (κ2) is 4.65. The van der Waals surface area contributed by atoms with Gasteiger partial charge >= 0.3 is 0 Å². The normalized spacial score (nSPS) is 13.9. The van der Waals surface area contributed by atoms with Crippen LogP contribution >= 0.6 is 0 Å². The van der Waals surface area contributed by atoms with E-state index in [1.54, 1.807) is 0 Å². The molecule has 0 spiro atoms. The fourth-order valence-electron chi connectivity index (χ4n) is 2.80. The molecule has 96 valence electrons. The number of hydrogen-bond acceptors (Lipinski definition) is 2. The molecule has 0 aliphatic carbocycles. The van der Waals surface area contributed by atoms with Gasteiger partial charge in [-0.1, -0.05) is 13.0 Å². The Morgan fingerprint density at radius 1 is 1.44 bits per heavy atom. The molecule has 2 N–H and O–H groups in total. The highest BCUT2D eigenvalue weighted by Crippen LogP contribution is 2.38. The van der Waals surface area contributed by atoms with Crippen molar-refractivity contribution in [2.24, 2.45) is 0 Å². The van der Waals surface area contributed by atoms with Crippen LogP contribution in [0.1, 0.15) is 23.6 Å². The fraction of sp³-hybridized carbons (Fsp3) is 0.467. The van der Waals surface area contributed by atoms with E-state index in [2.05, 4.69) is 36.4 Å². The van der Waals surface area contributed by atoms with Gasteiger partial charge < -0.3 is 15.0 Å². The Hall–Kier alpha value is -1.48. The lowest BCUT2D eigenvalue weighted by atomic mass is 10.0. The molecular formula is C15H20N2O. The van der Waals surface area contributed by atoms with Crippen molar-refractivity contribution in [2.75, 3.05) is 19.7 Å². The standard InChI is InChI=1S/C15H20N2O/c1-3-16-6-4-12-9-17-14-10(2)8-11-5-7-18-15(11)13(12)14/h8-9,16-17H,3-7H2,1-2H3. The molecule has 0 unspecified atom stereocenters. The maximum absolute atomic E-state index is 5.83. The van der Waals surface area contributed by atoms with Crippen LogP contribution < -0.4 is 10.1 Å². The van der Waals surface area contributed by atoms with Gasteiger partial charge in [0.25, 0.3) is 0 Å². The first-order valence-corrected chi connectivity index (χ1v) is 6.77. The Labute approximate surface area is 108 Å². The summed E-state index contributed by atoms with van der Waals surface area (Å²) in [5.74, 6) is 1.11. The lowest BCUT2D eigenvalue weighted by molar-refractivity contribution is 0.360. The largest absolute Gasteiger partial charge is 0.492 e. The Bertz CT molecular complexity index is 571. The number of hydrogen-bond donors (Lipinski definition) is 2. The second-order valence-electron chi connectivity index (χ2n) is 4.95. The van der Waals surface area contributed by atoms with Gasteiger partial charge in [0.15, 0.2) is 0 Å². The molecule has 3 heteroatoms. The monoisotopic (exact) mass is 244 g/mol. The molecule has 0 atom stereocenters. The van der Waals surface area contributed by atoms with E-state index in [1.165, 1.54) is 27.6 Å². The third-order valence-corrected chi connectivity index (χ3v) is 3.70. The number of aromatic nitrogens is 1. The lowest BCUT2D eigenvalue weighted by Gasteiger charge is -2.07. The molecule has 18 heavy (non-hydrogen) atoms. The van der Waals surface area contributed by atoms with Crippen molar-refractivity contribution in [3.05, 3.63) is 29.0 Å². The molecule has 0 bridgehead atoms. The number of H-pyrrole nitrogens is 1. The third kappa shape index (κ3) is 1.79. The maximum atomic E-state index is 5.83. The number of likely N-dealkylation sites (N-methyl/N-ethyl adjacent to an activating group) is 1. The third-order valence-electron chi connectivity index (χ3n) is 3.70. The Kier molecular flexibility index (Phi) is 3.00. The van der Waals surface area contributed by atoms with Crippen LogP contribution in [-0.4, -0.2) is 24.7 Å². The van der Waals surface area contributed by atoms with Crippen molar-refractivity contribution < 1.29 is 4.74 Å². The summed E-state index contributed by atoms with van der Waals surface area (Å²) in [5, 5.41) is 4.68. The summed E-state index contributed by atoms with van der Waals surface area (Å²) in [6.45, 7) is 7.18. The summed E-state index contributed by atoms with van der Waals surface area (Å²) >= 11 is 0. The van der Waals surface area contributed by atoms with Gasteiger partial charge in [-0.15, -0.1) is 0 Å². The zero-order chi connectivity index (χ0) is 12.5. The molecule has 0 radical (unpaired) electrons. The van der Waals surface area contributed by atoms with E-state index < -0.39 is 0 Å². The van der Waals surface area contributed by atoms with Crippen molar-refractivity contribution >= 4 is 10.9 Å². The molecule has 1 aromatic heterocycles. The fourth-order valence-corrected chi connectivity index (χ4v) is 2.80. The van der Waals surface area contributed by atoms with E-state index >= 15 is 0 Å². The smallest absolute Gasteiger partial charge is 0.132 e. The van der Waals surface area contributed by atoms with Gasteiger partial charge in [0.05, 0.1) is 12.1 Å². The maximum Gasteiger partial charge on any atom is 0.132 e. The first-order chi connectivity index (χ1) is 8.81. The number of aromatic amines is 1. The molecule has 0 amide bonds. The van der Waals surface area contributed by atoms with E-state index in [0.29, 0.717) is 0 Å². The predicted octanol–water partition coefficient (Wildman–Crippen LogP) is 2.56. The van der Waals surface area contributed by atoms with Crippen LogP contribution in [0.5, 0.6) is 5.75 Å². The van der Waals surface area contributed by atoms with E-state index in [9.17, 15) is 0 Å². The van der Waals surface area contributed by atoms with Crippen molar-refractivity contribution in [3.8, 4) is 5.75 Å². The highest BCUT2D eigenvalue weighted by molar-refractivity contribution is 5.93. The van der Waals surface area contributed by atoms with Crippen LogP contribution in [0, 0.1) is 6.92 Å². The van der Waals surface area contributed by atoms with E-state index in [-0.39, 0.29) is 0 Å². The van der Waals surface area contributed by atoms with Crippen molar-refractivity contribution in [2.45, 2.75) is 26.7 Å². The molecule has 3 nitrogen and oxygen atoms in total. The summed E-state index contributed by atoms with van der Waals surface area (Å²) in [6.07, 6.45) is 4.23. The molecule has 0 saturated heterocycles. The number of fused-ring (bicyclic) bond motifs is 3. The number of ether oxygens (including phenoxy) is 1. The SMILES string of the molecule is CCNCCc1c[nH]c2c(C)cc3c(c12)OCC3. The minimum absolute atomic E-state index is 0.825. The van der Waals surface area contributed by atoms with Crippen molar-refractivity contribution in [3.63, 3.8) is 0 Å². The van der Waals surface area contributed by atoms with Crippen molar-refractivity contribution in [1.29, 1.82) is 0 Å². The van der Waals surface area contributed by atoms with Crippen LogP contribution in [0.25, 0.3) is 10.9 Å². The van der Waals surface area contributed by atoms with Gasteiger partial charge in [-0.3, -0.25) is 0 Å². The second-order valence-corrected chi connectivity index (χ2v) is 4.95. The average molecular weight is 244 g/mol. The van der Waals surface area contributed by atoms with Gasteiger partial charge in [-0.2, -0.15) is 0 Å². The predicted molar refractivity (Wildman–Crippen MR) is 74.5 cm³/mol. The molecule has 1 aromatic carbocycles. The van der Waals surface area contributed by atoms with Gasteiger partial charge in [0.1, 0.15) is 5.75 Å². The Balaban J connectivity index is 2.05. The number of benzene rings is 1. The average Bonchev–Trinajstić information content (AvgIpc) is 2.95. The molecule has 1 aliphatic rings. The zero-order valence-electron chi connectivity index (χ0n) is 11.1. The molecule has 0 saturated carbocycles. The molecule has 1 aliphatic heterocycles. The van der Waals surface area contributed by atoms with Crippen LogP contribution in [-0.2, 0) is 12.8 Å². The molecule has 0 fully saturated rings. The minimum atomic E-state index is 0.825. The Morgan fingerprint density at radius 2 is 2.33 bits per heavy atom. The summed E-state index contributed by atoms with van der Waals surface area (Å²) in [7, 11) is 0. The van der Waals surface area contributed by atoms with Gasteiger partial charge in [-0.05, 0) is 43.1 Å². The quantitative estimate of drug-likeness (QED) is 0.811. The van der Waals surface area contributed by atoms with E-state index in [1.807, 2.05) is 0 Å². The van der Waals surface area contributed by atoms with Gasteiger partial charge in [-0.25, -0.2) is 0 Å². The molecule has 2 aromatic rings. The van der Waals surface area contributed by atoms with E-state index in [0.717, 1.165) is 38.3 Å². The Morgan fingerprint density at radius 3 is 3.17 bits per heavy atom. The van der Waals surface area contributed by atoms with Crippen molar-refractivity contribution in [1.82, 2.24) is 10.3 Å². The first-order valence-electron chi connectivity index (χ1n) is 6.77. The van der Waals surface area contributed by atoms with Crippen LogP contribution in [0.3, 0.4) is 0 Å². The topological polar surface area (TPSA) is 37.0 Å². The number of aryl methyl sites for hydroxylation is 1. The number of rotatable bonds is 4.